The maximum absolute atomic E-state index is 10.7. The monoisotopic (exact) mass is 323 g/mol. The minimum Gasteiger partial charge on any atom is -0.378 e. The molecule has 3 rings (SSSR count). The van der Waals surface area contributed by atoms with E-state index in [-0.39, 0.29) is 5.75 Å². The summed E-state index contributed by atoms with van der Waals surface area (Å²) < 4.78 is 26.8. The summed E-state index contributed by atoms with van der Waals surface area (Å²) in [6, 6.07) is 9.94. The molecule has 1 aromatic carbocycles. The van der Waals surface area contributed by atoms with Crippen LogP contribution in [0.2, 0.25) is 0 Å². The van der Waals surface area contributed by atoms with Crippen molar-refractivity contribution < 1.29 is 13.2 Å². The zero-order chi connectivity index (χ0) is 14.7. The van der Waals surface area contributed by atoms with Crippen LogP contribution in [0.15, 0.2) is 35.7 Å². The van der Waals surface area contributed by atoms with Gasteiger partial charge in [-0.3, -0.25) is 0 Å². The van der Waals surface area contributed by atoms with Crippen LogP contribution >= 0.6 is 11.3 Å². The molecule has 1 aromatic heterocycles. The van der Waals surface area contributed by atoms with Gasteiger partial charge in [0, 0.05) is 29.0 Å². The highest BCUT2D eigenvalue weighted by atomic mass is 32.2. The predicted molar refractivity (Wildman–Crippen MR) is 86.8 cm³/mol. The van der Waals surface area contributed by atoms with E-state index in [1.165, 1.54) is 10.6 Å². The molecule has 1 aliphatic heterocycles. The Morgan fingerprint density at radius 2 is 1.86 bits per heavy atom. The number of anilines is 1. The third-order valence-corrected chi connectivity index (χ3v) is 5.10. The minimum absolute atomic E-state index is 0.110. The van der Waals surface area contributed by atoms with Gasteiger partial charge in [-0.25, -0.2) is 8.42 Å². The van der Waals surface area contributed by atoms with Crippen molar-refractivity contribution in [1.29, 1.82) is 0 Å². The van der Waals surface area contributed by atoms with Gasteiger partial charge in [-0.1, -0.05) is 24.3 Å². The molecular formula is C15H17NO3S2. The Kier molecular flexibility index (Phi) is 4.57. The minimum atomic E-state index is -2.36. The van der Waals surface area contributed by atoms with Crippen LogP contribution in [-0.2, 0) is 21.2 Å². The molecule has 21 heavy (non-hydrogen) atoms. The lowest BCUT2D eigenvalue weighted by atomic mass is 10.1. The van der Waals surface area contributed by atoms with Crippen molar-refractivity contribution in [2.45, 2.75) is 5.75 Å². The van der Waals surface area contributed by atoms with Gasteiger partial charge >= 0.3 is 0 Å². The van der Waals surface area contributed by atoms with E-state index in [0.29, 0.717) is 0 Å². The average Bonchev–Trinajstić information content (AvgIpc) is 2.98. The lowest BCUT2D eigenvalue weighted by Crippen LogP contribution is -2.35. The fourth-order valence-electron chi connectivity index (χ4n) is 2.39. The highest BCUT2D eigenvalue weighted by Crippen LogP contribution is 2.32. The maximum Gasteiger partial charge on any atom is 0.144 e. The molecular weight excluding hydrogens is 306 g/mol. The fourth-order valence-corrected chi connectivity index (χ4v) is 3.82. The van der Waals surface area contributed by atoms with E-state index >= 15 is 0 Å². The molecule has 0 atom stereocenters. The average molecular weight is 323 g/mol. The Hall–Kier alpha value is -1.37. The van der Waals surface area contributed by atoms with Crippen LogP contribution in [0, 0.1) is 0 Å². The number of thiophene rings is 1. The topological polar surface area (TPSA) is 46.6 Å². The second-order valence-corrected chi connectivity index (χ2v) is 6.85. The van der Waals surface area contributed by atoms with Crippen molar-refractivity contribution in [1.82, 2.24) is 0 Å². The van der Waals surface area contributed by atoms with Gasteiger partial charge in [0.25, 0.3) is 0 Å². The Bertz CT molecular complexity index is 662. The molecule has 0 saturated carbocycles. The molecule has 0 radical (unpaired) electrons. The van der Waals surface area contributed by atoms with E-state index in [9.17, 15) is 8.42 Å². The van der Waals surface area contributed by atoms with E-state index in [0.717, 1.165) is 37.4 Å². The molecule has 0 bridgehead atoms. The number of benzene rings is 1. The van der Waals surface area contributed by atoms with Crippen LogP contribution in [0.1, 0.15) is 5.56 Å². The van der Waals surface area contributed by atoms with Gasteiger partial charge in [0.05, 0.1) is 19.0 Å². The Morgan fingerprint density at radius 1 is 1.14 bits per heavy atom. The van der Waals surface area contributed by atoms with E-state index < -0.39 is 10.7 Å². The van der Waals surface area contributed by atoms with E-state index in [1.54, 1.807) is 11.3 Å². The standard InChI is InChI=1S/C15H17NO3S2/c17-21(18)11-12-1-3-13(4-2-12)15-9-14(10-20-15)16-5-7-19-8-6-16/h1-4,9-10,21H,5-8,11H2. The summed E-state index contributed by atoms with van der Waals surface area (Å²) in [7, 11) is -2.36. The highest BCUT2D eigenvalue weighted by Gasteiger charge is 2.13. The number of thiol groups is 1. The van der Waals surface area contributed by atoms with Crippen molar-refractivity contribution in [3.8, 4) is 10.4 Å². The molecule has 0 aliphatic carbocycles. The molecule has 0 unspecified atom stereocenters. The van der Waals surface area contributed by atoms with Gasteiger partial charge in [0.15, 0.2) is 0 Å². The Balaban J connectivity index is 1.76. The molecule has 2 heterocycles. The van der Waals surface area contributed by atoms with Crippen molar-refractivity contribution in [2.75, 3.05) is 31.2 Å². The predicted octanol–water partition coefficient (Wildman–Crippen LogP) is 2.36. The molecule has 6 heteroatoms. The molecule has 0 amide bonds. The van der Waals surface area contributed by atoms with Crippen molar-refractivity contribution in [3.63, 3.8) is 0 Å². The summed E-state index contributed by atoms with van der Waals surface area (Å²) in [6.45, 7) is 3.44. The molecule has 0 N–H and O–H groups in total. The van der Waals surface area contributed by atoms with E-state index in [1.807, 2.05) is 24.3 Å². The zero-order valence-electron chi connectivity index (χ0n) is 11.5. The first-order valence-corrected chi connectivity index (χ1v) is 9.09. The Labute approximate surface area is 129 Å². The summed E-state index contributed by atoms with van der Waals surface area (Å²) in [5.41, 5.74) is 3.20. The molecule has 112 valence electrons. The van der Waals surface area contributed by atoms with Crippen molar-refractivity contribution in [3.05, 3.63) is 41.3 Å². The fraction of sp³-hybridized carbons (Fsp3) is 0.333. The first kappa shape index (κ1) is 14.6. The molecule has 1 fully saturated rings. The number of ether oxygens (including phenoxy) is 1. The summed E-state index contributed by atoms with van der Waals surface area (Å²) >= 11 is 1.71. The third kappa shape index (κ3) is 3.64. The Morgan fingerprint density at radius 3 is 2.52 bits per heavy atom. The van der Waals surface area contributed by atoms with Crippen LogP contribution in [-0.4, -0.2) is 34.7 Å². The number of hydrogen-bond acceptors (Lipinski definition) is 5. The molecule has 4 nitrogen and oxygen atoms in total. The van der Waals surface area contributed by atoms with Crippen LogP contribution in [0.3, 0.4) is 0 Å². The van der Waals surface area contributed by atoms with Crippen LogP contribution < -0.4 is 4.90 Å². The van der Waals surface area contributed by atoms with Crippen molar-refractivity contribution in [2.24, 2.45) is 0 Å². The first-order chi connectivity index (χ1) is 10.2. The van der Waals surface area contributed by atoms with E-state index in [4.69, 9.17) is 4.74 Å². The van der Waals surface area contributed by atoms with Gasteiger partial charge in [-0.05, 0) is 17.2 Å². The summed E-state index contributed by atoms with van der Waals surface area (Å²) in [5.74, 6) is 0.110. The molecule has 1 aliphatic rings. The molecule has 1 saturated heterocycles. The second kappa shape index (κ2) is 6.60. The van der Waals surface area contributed by atoms with Crippen molar-refractivity contribution >= 4 is 27.7 Å². The molecule has 2 aromatic rings. The van der Waals surface area contributed by atoms with Gasteiger partial charge in [0.2, 0.25) is 0 Å². The van der Waals surface area contributed by atoms with Crippen LogP contribution in [0.4, 0.5) is 5.69 Å². The number of morpholine rings is 1. The number of rotatable bonds is 4. The zero-order valence-corrected chi connectivity index (χ0v) is 13.2. The number of hydrogen-bond donors (Lipinski definition) is 1. The SMILES string of the molecule is O=[SH](=O)Cc1ccc(-c2cc(N3CCOCC3)cs2)cc1. The highest BCUT2D eigenvalue weighted by molar-refractivity contribution is 7.71. The van der Waals surface area contributed by atoms with Gasteiger partial charge in [-0.2, -0.15) is 0 Å². The smallest absolute Gasteiger partial charge is 0.144 e. The van der Waals surface area contributed by atoms with Crippen LogP contribution in [0.5, 0.6) is 0 Å². The third-order valence-electron chi connectivity index (χ3n) is 3.51. The van der Waals surface area contributed by atoms with Crippen LogP contribution in [0.25, 0.3) is 10.4 Å². The largest absolute Gasteiger partial charge is 0.378 e. The van der Waals surface area contributed by atoms with Gasteiger partial charge < -0.3 is 9.64 Å². The lowest BCUT2D eigenvalue weighted by Gasteiger charge is -2.27. The van der Waals surface area contributed by atoms with Gasteiger partial charge in [-0.15, -0.1) is 11.3 Å². The van der Waals surface area contributed by atoms with E-state index in [2.05, 4.69) is 16.3 Å². The first-order valence-electron chi connectivity index (χ1n) is 6.85. The lowest BCUT2D eigenvalue weighted by molar-refractivity contribution is 0.123. The van der Waals surface area contributed by atoms with Gasteiger partial charge in [0.1, 0.15) is 10.7 Å². The quantitative estimate of drug-likeness (QED) is 0.878. The maximum atomic E-state index is 10.7. The summed E-state index contributed by atoms with van der Waals surface area (Å²) in [5, 5.41) is 2.17. The number of nitrogens with zero attached hydrogens (tertiary/aromatic N) is 1. The summed E-state index contributed by atoms with van der Waals surface area (Å²) in [6.07, 6.45) is 0. The normalized spacial score (nSPS) is 15.6. The second-order valence-electron chi connectivity index (χ2n) is 4.96. The summed E-state index contributed by atoms with van der Waals surface area (Å²) in [4.78, 5) is 3.54. The molecule has 0 spiro atoms.